The topological polar surface area (TPSA) is 38.1 Å². The summed E-state index contributed by atoms with van der Waals surface area (Å²) in [4.78, 5) is 20.1. The summed E-state index contributed by atoms with van der Waals surface area (Å²) < 4.78 is 1.98. The van der Waals surface area contributed by atoms with Gasteiger partial charge in [-0.1, -0.05) is 30.3 Å². The Hall–Kier alpha value is -2.40. The van der Waals surface area contributed by atoms with E-state index in [0.29, 0.717) is 12.3 Å². The molecule has 5 heteroatoms. The molecule has 0 N–H and O–H groups in total. The van der Waals surface area contributed by atoms with Crippen molar-refractivity contribution >= 4 is 17.2 Å². The van der Waals surface area contributed by atoms with Gasteiger partial charge in [0.05, 0.1) is 6.42 Å². The monoisotopic (exact) mass is 365 g/mol. The third-order valence-corrected chi connectivity index (χ3v) is 6.04. The highest BCUT2D eigenvalue weighted by Gasteiger charge is 2.23. The molecule has 0 spiro atoms. The molecular formula is C21H23N3OS. The van der Waals surface area contributed by atoms with Crippen LogP contribution in [-0.2, 0) is 17.6 Å². The van der Waals surface area contributed by atoms with Crippen molar-refractivity contribution in [3.63, 3.8) is 0 Å². The zero-order valence-electron chi connectivity index (χ0n) is 14.8. The van der Waals surface area contributed by atoms with Crippen LogP contribution < -0.4 is 0 Å². The van der Waals surface area contributed by atoms with Crippen LogP contribution in [0.25, 0.3) is 5.13 Å². The van der Waals surface area contributed by atoms with E-state index in [0.717, 1.165) is 42.4 Å². The van der Waals surface area contributed by atoms with Gasteiger partial charge in [-0.25, -0.2) is 4.98 Å². The quantitative estimate of drug-likeness (QED) is 0.686. The Balaban J connectivity index is 1.28. The van der Waals surface area contributed by atoms with Gasteiger partial charge in [0.2, 0.25) is 5.91 Å². The summed E-state index contributed by atoms with van der Waals surface area (Å²) in [6.45, 7) is 1.75. The fraction of sp³-hybridized carbons (Fsp3) is 0.333. The van der Waals surface area contributed by atoms with Gasteiger partial charge in [-0.3, -0.25) is 4.79 Å². The van der Waals surface area contributed by atoms with Crippen LogP contribution in [0.15, 0.2) is 61.1 Å². The number of carbonyl (C=O) groups excluding carboxylic acids is 1. The summed E-state index contributed by atoms with van der Waals surface area (Å²) in [5.41, 5.74) is 1.40. The van der Waals surface area contributed by atoms with Crippen LogP contribution in [0.1, 0.15) is 23.3 Å². The van der Waals surface area contributed by atoms with Crippen molar-refractivity contribution < 1.29 is 4.79 Å². The average molecular weight is 366 g/mol. The van der Waals surface area contributed by atoms with E-state index in [1.165, 1.54) is 5.56 Å². The number of carbonyl (C=O) groups is 1. The SMILES string of the molecule is O=C(Cc1cnc(-n2cccc2)s1)N1CCC(Cc2ccccc2)CC1. The molecule has 0 radical (unpaired) electrons. The number of rotatable bonds is 5. The van der Waals surface area contributed by atoms with E-state index in [-0.39, 0.29) is 5.91 Å². The molecule has 0 unspecified atom stereocenters. The van der Waals surface area contributed by atoms with E-state index in [1.54, 1.807) is 11.3 Å². The van der Waals surface area contributed by atoms with Crippen LogP contribution in [-0.4, -0.2) is 33.4 Å². The van der Waals surface area contributed by atoms with E-state index in [9.17, 15) is 4.79 Å². The highest BCUT2D eigenvalue weighted by atomic mass is 32.1. The molecule has 1 aliphatic rings. The fourth-order valence-corrected chi connectivity index (χ4v) is 4.42. The van der Waals surface area contributed by atoms with Crippen molar-refractivity contribution in [3.8, 4) is 5.13 Å². The van der Waals surface area contributed by atoms with Gasteiger partial charge in [0, 0.05) is 36.6 Å². The highest BCUT2D eigenvalue weighted by molar-refractivity contribution is 7.14. The maximum atomic E-state index is 12.6. The minimum absolute atomic E-state index is 0.228. The lowest BCUT2D eigenvalue weighted by atomic mass is 9.90. The lowest BCUT2D eigenvalue weighted by Crippen LogP contribution is -2.39. The second-order valence-electron chi connectivity index (χ2n) is 6.89. The summed E-state index contributed by atoms with van der Waals surface area (Å²) in [6.07, 6.45) is 9.56. The number of hydrogen-bond donors (Lipinski definition) is 0. The first-order valence-corrected chi connectivity index (χ1v) is 9.99. The van der Waals surface area contributed by atoms with E-state index in [2.05, 4.69) is 35.3 Å². The van der Waals surface area contributed by atoms with Gasteiger partial charge in [-0.2, -0.15) is 0 Å². The first kappa shape index (κ1) is 17.0. The average Bonchev–Trinajstić information content (AvgIpc) is 3.35. The number of amides is 1. The van der Waals surface area contributed by atoms with Crippen LogP contribution in [0.3, 0.4) is 0 Å². The Morgan fingerprint density at radius 2 is 1.81 bits per heavy atom. The number of thiazole rings is 1. The molecule has 134 valence electrons. The molecule has 0 saturated carbocycles. The summed E-state index contributed by atoms with van der Waals surface area (Å²) in [5, 5.41) is 0.916. The molecule has 0 aliphatic carbocycles. The van der Waals surface area contributed by atoms with Gasteiger partial charge in [-0.15, -0.1) is 11.3 Å². The van der Waals surface area contributed by atoms with Crippen molar-refractivity contribution in [3.05, 3.63) is 71.5 Å². The molecule has 0 atom stereocenters. The molecule has 3 heterocycles. The summed E-state index contributed by atoms with van der Waals surface area (Å²) in [6, 6.07) is 14.6. The molecule has 0 bridgehead atoms. The van der Waals surface area contributed by atoms with Crippen molar-refractivity contribution in [1.82, 2.24) is 14.5 Å². The Morgan fingerprint density at radius 1 is 1.08 bits per heavy atom. The lowest BCUT2D eigenvalue weighted by Gasteiger charge is -2.32. The highest BCUT2D eigenvalue weighted by Crippen LogP contribution is 2.23. The lowest BCUT2D eigenvalue weighted by molar-refractivity contribution is -0.131. The summed E-state index contributed by atoms with van der Waals surface area (Å²) in [7, 11) is 0. The van der Waals surface area contributed by atoms with Gasteiger partial charge in [0.25, 0.3) is 0 Å². The smallest absolute Gasteiger partial charge is 0.227 e. The Bertz CT molecular complexity index is 833. The van der Waals surface area contributed by atoms with Gasteiger partial charge in [0.1, 0.15) is 0 Å². The van der Waals surface area contributed by atoms with Crippen LogP contribution in [0.2, 0.25) is 0 Å². The number of hydrogen-bond acceptors (Lipinski definition) is 3. The zero-order chi connectivity index (χ0) is 17.8. The van der Waals surface area contributed by atoms with Gasteiger partial charge < -0.3 is 9.47 Å². The number of aromatic nitrogens is 2. The zero-order valence-corrected chi connectivity index (χ0v) is 15.6. The van der Waals surface area contributed by atoms with E-state index >= 15 is 0 Å². The Kier molecular flexibility index (Phi) is 5.16. The van der Waals surface area contributed by atoms with Crippen LogP contribution in [0.4, 0.5) is 0 Å². The van der Waals surface area contributed by atoms with Crippen molar-refractivity contribution in [2.45, 2.75) is 25.7 Å². The Labute approximate surface area is 158 Å². The molecule has 3 aromatic rings. The molecule has 4 rings (SSSR count). The molecular weight excluding hydrogens is 342 g/mol. The molecule has 2 aromatic heterocycles. The van der Waals surface area contributed by atoms with Gasteiger partial charge in [-0.05, 0) is 42.9 Å². The van der Waals surface area contributed by atoms with Crippen molar-refractivity contribution in [2.75, 3.05) is 13.1 Å². The van der Waals surface area contributed by atoms with Crippen LogP contribution in [0.5, 0.6) is 0 Å². The number of likely N-dealkylation sites (tertiary alicyclic amines) is 1. The van der Waals surface area contributed by atoms with E-state index < -0.39 is 0 Å². The number of benzene rings is 1. The molecule has 1 fully saturated rings. The number of piperidine rings is 1. The largest absolute Gasteiger partial charge is 0.342 e. The maximum Gasteiger partial charge on any atom is 0.227 e. The van der Waals surface area contributed by atoms with Crippen LogP contribution >= 0.6 is 11.3 Å². The molecule has 26 heavy (non-hydrogen) atoms. The fourth-order valence-electron chi connectivity index (χ4n) is 3.56. The minimum atomic E-state index is 0.228. The second kappa shape index (κ2) is 7.87. The third-order valence-electron chi connectivity index (χ3n) is 5.03. The molecule has 1 aromatic carbocycles. The van der Waals surface area contributed by atoms with E-state index in [1.807, 2.05) is 40.2 Å². The molecule has 4 nitrogen and oxygen atoms in total. The predicted octanol–water partition coefficient (Wildman–Crippen LogP) is 3.96. The van der Waals surface area contributed by atoms with E-state index in [4.69, 9.17) is 0 Å². The molecule has 1 aliphatic heterocycles. The maximum absolute atomic E-state index is 12.6. The predicted molar refractivity (Wildman–Crippen MR) is 105 cm³/mol. The first-order chi connectivity index (χ1) is 12.8. The minimum Gasteiger partial charge on any atom is -0.342 e. The first-order valence-electron chi connectivity index (χ1n) is 9.18. The second-order valence-corrected chi connectivity index (χ2v) is 7.98. The summed E-state index contributed by atoms with van der Waals surface area (Å²) >= 11 is 1.59. The Morgan fingerprint density at radius 3 is 2.54 bits per heavy atom. The number of nitrogens with zero attached hydrogens (tertiary/aromatic N) is 3. The van der Waals surface area contributed by atoms with Gasteiger partial charge >= 0.3 is 0 Å². The molecule has 1 amide bonds. The van der Waals surface area contributed by atoms with Crippen LogP contribution in [0, 0.1) is 5.92 Å². The summed E-state index contributed by atoms with van der Waals surface area (Å²) in [5.74, 6) is 0.913. The third kappa shape index (κ3) is 4.05. The standard InChI is InChI=1S/C21H23N3OS/c25-20(15-19-16-22-21(26-19)24-10-4-5-11-24)23-12-8-18(9-13-23)14-17-6-2-1-3-7-17/h1-7,10-11,16,18H,8-9,12-15H2. The van der Waals surface area contributed by atoms with Crippen molar-refractivity contribution in [1.29, 1.82) is 0 Å². The molecule has 1 saturated heterocycles. The normalized spacial score (nSPS) is 15.3. The van der Waals surface area contributed by atoms with Crippen molar-refractivity contribution in [2.24, 2.45) is 5.92 Å². The van der Waals surface area contributed by atoms with Gasteiger partial charge in [0.15, 0.2) is 5.13 Å².